The van der Waals surface area contributed by atoms with Crippen LogP contribution < -0.4 is 0 Å². The fourth-order valence-electron chi connectivity index (χ4n) is 2.29. The Kier molecular flexibility index (Phi) is 10.3. The first-order valence-electron chi connectivity index (χ1n) is 7.70. The molecular weight excluding hydrogens is 224 g/mol. The largest absolute Gasteiger partial charge is 0.390 e. The molecule has 0 aromatic carbocycles. The number of Topliss-reactive ketones (excluding diaryl/α,β-unsaturated/α-hetero) is 1. The number of carbonyl (C=O) groups is 1. The minimum Gasteiger partial charge on any atom is -0.390 e. The number of ketones is 1. The van der Waals surface area contributed by atoms with Crippen molar-refractivity contribution < 1.29 is 9.90 Å². The average molecular weight is 256 g/mol. The van der Waals surface area contributed by atoms with Gasteiger partial charge in [0.15, 0.2) is 0 Å². The molecule has 0 heterocycles. The molecule has 0 fully saturated rings. The van der Waals surface area contributed by atoms with E-state index in [0.717, 1.165) is 44.9 Å². The van der Waals surface area contributed by atoms with Gasteiger partial charge >= 0.3 is 0 Å². The maximum absolute atomic E-state index is 10.8. The molecule has 0 amide bonds. The monoisotopic (exact) mass is 256 g/mol. The Morgan fingerprint density at radius 1 is 0.944 bits per heavy atom. The average Bonchev–Trinajstić information content (AvgIpc) is 2.27. The second kappa shape index (κ2) is 10.5. The third kappa shape index (κ3) is 12.1. The lowest BCUT2D eigenvalue weighted by Crippen LogP contribution is -2.23. The number of unbranched alkanes of at least 4 members (excludes halogenated alkanes) is 6. The maximum Gasteiger partial charge on any atom is 0.129 e. The Morgan fingerprint density at radius 3 is 2.00 bits per heavy atom. The van der Waals surface area contributed by atoms with Gasteiger partial charge in [-0.25, -0.2) is 0 Å². The Balaban J connectivity index is 3.38. The molecule has 1 unspecified atom stereocenters. The van der Waals surface area contributed by atoms with Gasteiger partial charge in [-0.3, -0.25) is 0 Å². The summed E-state index contributed by atoms with van der Waals surface area (Å²) >= 11 is 0. The standard InChI is InChI=1S/C16H32O2/c1-4-5-10-13-16(3,18)14-11-8-6-7-9-12-15(2)17/h18H,4-14H2,1-3H3. The van der Waals surface area contributed by atoms with Crippen LogP contribution in [0.25, 0.3) is 0 Å². The molecule has 0 aromatic rings. The fourth-order valence-corrected chi connectivity index (χ4v) is 2.29. The molecule has 18 heavy (non-hydrogen) atoms. The van der Waals surface area contributed by atoms with Crippen molar-refractivity contribution in [2.24, 2.45) is 0 Å². The number of rotatable bonds is 12. The van der Waals surface area contributed by atoms with Crippen LogP contribution in [0.3, 0.4) is 0 Å². The molecule has 0 aromatic heterocycles. The highest BCUT2D eigenvalue weighted by Gasteiger charge is 2.18. The molecule has 0 spiro atoms. The predicted molar refractivity (Wildman–Crippen MR) is 77.8 cm³/mol. The van der Waals surface area contributed by atoms with Crippen LogP contribution >= 0.6 is 0 Å². The first-order valence-corrected chi connectivity index (χ1v) is 7.70. The van der Waals surface area contributed by atoms with Crippen molar-refractivity contribution in [2.75, 3.05) is 0 Å². The van der Waals surface area contributed by atoms with Gasteiger partial charge in [0.25, 0.3) is 0 Å². The van der Waals surface area contributed by atoms with Crippen LogP contribution in [-0.4, -0.2) is 16.5 Å². The zero-order valence-corrected chi connectivity index (χ0v) is 12.6. The highest BCUT2D eigenvalue weighted by molar-refractivity contribution is 5.75. The van der Waals surface area contributed by atoms with Gasteiger partial charge in [-0.2, -0.15) is 0 Å². The molecule has 2 nitrogen and oxygen atoms in total. The quantitative estimate of drug-likeness (QED) is 0.517. The third-order valence-corrected chi connectivity index (χ3v) is 3.56. The summed E-state index contributed by atoms with van der Waals surface area (Å²) in [6.07, 6.45) is 11.8. The molecule has 0 radical (unpaired) electrons. The molecule has 1 N–H and O–H groups in total. The van der Waals surface area contributed by atoms with Crippen molar-refractivity contribution in [3.63, 3.8) is 0 Å². The minimum atomic E-state index is -0.464. The number of hydrogen-bond acceptors (Lipinski definition) is 2. The molecule has 0 rings (SSSR count). The van der Waals surface area contributed by atoms with E-state index in [0.29, 0.717) is 5.78 Å². The molecule has 0 bridgehead atoms. The molecule has 1 atom stereocenters. The van der Waals surface area contributed by atoms with Crippen LogP contribution in [0.15, 0.2) is 0 Å². The van der Waals surface area contributed by atoms with Gasteiger partial charge in [-0.05, 0) is 33.1 Å². The van der Waals surface area contributed by atoms with Crippen LogP contribution in [-0.2, 0) is 4.79 Å². The molecule has 0 saturated heterocycles. The summed E-state index contributed by atoms with van der Waals surface area (Å²) in [5, 5.41) is 10.2. The molecule has 108 valence electrons. The Morgan fingerprint density at radius 2 is 1.44 bits per heavy atom. The van der Waals surface area contributed by atoms with Crippen LogP contribution in [0.1, 0.15) is 91.4 Å². The molecule has 0 saturated carbocycles. The van der Waals surface area contributed by atoms with Crippen molar-refractivity contribution in [1.29, 1.82) is 0 Å². The fraction of sp³-hybridized carbons (Fsp3) is 0.938. The lowest BCUT2D eigenvalue weighted by molar-refractivity contribution is -0.117. The summed E-state index contributed by atoms with van der Waals surface area (Å²) in [4.78, 5) is 10.8. The number of carbonyl (C=O) groups excluding carboxylic acids is 1. The normalized spacial score (nSPS) is 14.4. The molecule has 0 aliphatic carbocycles. The Labute approximate surface area is 113 Å². The van der Waals surface area contributed by atoms with E-state index in [4.69, 9.17) is 0 Å². The van der Waals surface area contributed by atoms with E-state index < -0.39 is 5.60 Å². The zero-order valence-electron chi connectivity index (χ0n) is 12.6. The third-order valence-electron chi connectivity index (χ3n) is 3.56. The summed E-state index contributed by atoms with van der Waals surface area (Å²) in [6, 6.07) is 0. The van der Waals surface area contributed by atoms with E-state index in [-0.39, 0.29) is 0 Å². The lowest BCUT2D eigenvalue weighted by Gasteiger charge is -2.23. The molecule has 0 aliphatic heterocycles. The molecule has 0 aliphatic rings. The van der Waals surface area contributed by atoms with Crippen molar-refractivity contribution >= 4 is 5.78 Å². The second-order valence-electron chi connectivity index (χ2n) is 5.92. The first-order chi connectivity index (χ1) is 8.48. The van der Waals surface area contributed by atoms with Gasteiger partial charge in [0, 0.05) is 6.42 Å². The van der Waals surface area contributed by atoms with Crippen LogP contribution in [0.2, 0.25) is 0 Å². The van der Waals surface area contributed by atoms with Gasteiger partial charge in [0.1, 0.15) is 5.78 Å². The van der Waals surface area contributed by atoms with Crippen LogP contribution in [0, 0.1) is 0 Å². The van der Waals surface area contributed by atoms with Crippen LogP contribution in [0.4, 0.5) is 0 Å². The van der Waals surface area contributed by atoms with E-state index in [1.165, 1.54) is 25.7 Å². The topological polar surface area (TPSA) is 37.3 Å². The highest BCUT2D eigenvalue weighted by Crippen LogP contribution is 2.22. The van der Waals surface area contributed by atoms with Crippen molar-refractivity contribution in [3.05, 3.63) is 0 Å². The summed E-state index contributed by atoms with van der Waals surface area (Å²) in [6.45, 7) is 5.82. The van der Waals surface area contributed by atoms with Gasteiger partial charge < -0.3 is 9.90 Å². The Bertz CT molecular complexity index is 209. The minimum absolute atomic E-state index is 0.300. The van der Waals surface area contributed by atoms with Crippen molar-refractivity contribution in [2.45, 2.75) is 97.0 Å². The summed E-state index contributed by atoms with van der Waals surface area (Å²) in [5.74, 6) is 0.300. The van der Waals surface area contributed by atoms with Crippen LogP contribution in [0.5, 0.6) is 0 Å². The van der Waals surface area contributed by atoms with Gasteiger partial charge in [0.2, 0.25) is 0 Å². The predicted octanol–water partition coefficient (Wildman–Crippen LogP) is 4.64. The number of aliphatic hydroxyl groups is 1. The first kappa shape index (κ1) is 17.6. The highest BCUT2D eigenvalue weighted by atomic mass is 16.3. The van der Waals surface area contributed by atoms with Crippen molar-refractivity contribution in [1.82, 2.24) is 0 Å². The second-order valence-corrected chi connectivity index (χ2v) is 5.92. The zero-order chi connectivity index (χ0) is 13.9. The molecular formula is C16H32O2. The maximum atomic E-state index is 10.8. The summed E-state index contributed by atoms with van der Waals surface area (Å²) < 4.78 is 0. The SMILES string of the molecule is CCCCCC(C)(O)CCCCCCCC(C)=O. The lowest BCUT2D eigenvalue weighted by atomic mass is 9.92. The van der Waals surface area contributed by atoms with E-state index in [2.05, 4.69) is 6.92 Å². The Hall–Kier alpha value is -0.370. The van der Waals surface area contributed by atoms with E-state index >= 15 is 0 Å². The van der Waals surface area contributed by atoms with Crippen molar-refractivity contribution in [3.8, 4) is 0 Å². The smallest absolute Gasteiger partial charge is 0.129 e. The molecule has 2 heteroatoms. The summed E-state index contributed by atoms with van der Waals surface area (Å²) in [7, 11) is 0. The number of hydrogen-bond donors (Lipinski definition) is 1. The van der Waals surface area contributed by atoms with Gasteiger partial charge in [-0.1, -0.05) is 51.9 Å². The van der Waals surface area contributed by atoms with E-state index in [1.807, 2.05) is 6.92 Å². The van der Waals surface area contributed by atoms with Gasteiger partial charge in [-0.15, -0.1) is 0 Å². The van der Waals surface area contributed by atoms with E-state index in [1.54, 1.807) is 6.92 Å². The van der Waals surface area contributed by atoms with E-state index in [9.17, 15) is 9.90 Å². The van der Waals surface area contributed by atoms with Gasteiger partial charge in [0.05, 0.1) is 5.60 Å². The summed E-state index contributed by atoms with van der Waals surface area (Å²) in [5.41, 5.74) is -0.464.